The van der Waals surface area contributed by atoms with Gasteiger partial charge in [-0.1, -0.05) is 6.07 Å². The van der Waals surface area contributed by atoms with Gasteiger partial charge < -0.3 is 40.3 Å². The lowest BCUT2D eigenvalue weighted by molar-refractivity contribution is 0.170. The summed E-state index contributed by atoms with van der Waals surface area (Å²) in [5, 5.41) is 19.6. The molecule has 162 valence electrons. The molecule has 1 atom stereocenters. The van der Waals surface area contributed by atoms with Gasteiger partial charge in [0.25, 0.3) is 0 Å². The topological polar surface area (TPSA) is 155 Å². The summed E-state index contributed by atoms with van der Waals surface area (Å²) < 4.78 is 28.4. The fraction of sp³-hybridized carbons (Fsp3) is 0.182. The van der Waals surface area contributed by atoms with Crippen LogP contribution in [0.15, 0.2) is 24.3 Å². The Morgan fingerprint density at radius 3 is 2.59 bits per heavy atom. The summed E-state index contributed by atoms with van der Waals surface area (Å²) in [4.78, 5) is 4.26. The molecule has 0 unspecified atom stereocenters. The number of nitrogens with two attached hydrogens (primary N) is 2. The zero-order chi connectivity index (χ0) is 22.6. The van der Waals surface area contributed by atoms with E-state index in [4.69, 9.17) is 35.2 Å². The molecule has 3 aromatic rings. The van der Waals surface area contributed by atoms with Crippen LogP contribution in [-0.2, 0) is 0 Å². The van der Waals surface area contributed by atoms with Crippen molar-refractivity contribution in [3.8, 4) is 46.4 Å². The van der Waals surface area contributed by atoms with Gasteiger partial charge in [-0.3, -0.25) is 0 Å². The molecule has 5 N–H and O–H groups in total. The van der Waals surface area contributed by atoms with Crippen LogP contribution in [0, 0.1) is 11.3 Å². The summed E-state index contributed by atoms with van der Waals surface area (Å²) in [7, 11) is 3.00. The zero-order valence-corrected chi connectivity index (χ0v) is 17.1. The van der Waals surface area contributed by atoms with Crippen molar-refractivity contribution in [3.05, 3.63) is 46.5 Å². The Hall–Kier alpha value is -4.52. The first kappa shape index (κ1) is 19.4. The van der Waals surface area contributed by atoms with Gasteiger partial charge >= 0.3 is 0 Å². The molecular weight excluding hydrogens is 416 g/mol. The Morgan fingerprint density at radius 1 is 1.09 bits per heavy atom. The highest BCUT2D eigenvalue weighted by Gasteiger charge is 2.38. The molecule has 0 saturated heterocycles. The van der Waals surface area contributed by atoms with Crippen molar-refractivity contribution in [3.63, 3.8) is 0 Å². The van der Waals surface area contributed by atoms with Crippen molar-refractivity contribution >= 4 is 11.5 Å². The number of aromatic nitrogens is 1. The Balaban J connectivity index is 1.88. The SMILES string of the molecule is COc1c([C@@H]2c3ccc(O)cc3Oc3nc(N)c(C#N)c(N)c32)cc2c(c1OC)OCO2. The van der Waals surface area contributed by atoms with Crippen LogP contribution in [0.1, 0.15) is 28.2 Å². The first-order chi connectivity index (χ1) is 15.5. The number of methoxy groups -OCH3 is 2. The van der Waals surface area contributed by atoms with E-state index in [1.165, 1.54) is 26.4 Å². The minimum Gasteiger partial charge on any atom is -0.508 e. The van der Waals surface area contributed by atoms with Crippen molar-refractivity contribution in [2.75, 3.05) is 32.5 Å². The number of aromatic hydroxyl groups is 1. The number of hydrogen-bond acceptors (Lipinski definition) is 10. The predicted molar refractivity (Wildman–Crippen MR) is 113 cm³/mol. The number of phenols is 1. The number of hydrogen-bond donors (Lipinski definition) is 3. The maximum atomic E-state index is 10.0. The van der Waals surface area contributed by atoms with Gasteiger partial charge in [-0.25, -0.2) is 0 Å². The van der Waals surface area contributed by atoms with Crippen molar-refractivity contribution in [2.45, 2.75) is 5.92 Å². The summed E-state index contributed by atoms with van der Waals surface area (Å²) in [6.45, 7) is 0.0337. The third kappa shape index (κ3) is 2.61. The molecule has 1 aromatic heterocycles. The first-order valence-electron chi connectivity index (χ1n) is 9.52. The molecule has 3 heterocycles. The van der Waals surface area contributed by atoms with Crippen LogP contribution < -0.4 is 35.2 Å². The van der Waals surface area contributed by atoms with Gasteiger partial charge in [0.15, 0.2) is 11.5 Å². The number of fused-ring (bicyclic) bond motifs is 3. The molecule has 10 heteroatoms. The molecule has 5 rings (SSSR count). The van der Waals surface area contributed by atoms with Gasteiger partial charge in [0.1, 0.15) is 28.9 Å². The van der Waals surface area contributed by atoms with Gasteiger partial charge in [-0.2, -0.15) is 10.2 Å². The highest BCUT2D eigenvalue weighted by molar-refractivity contribution is 5.77. The third-order valence-electron chi connectivity index (χ3n) is 5.51. The van der Waals surface area contributed by atoms with E-state index >= 15 is 0 Å². The zero-order valence-electron chi connectivity index (χ0n) is 17.1. The van der Waals surface area contributed by atoms with Crippen LogP contribution in [0.2, 0.25) is 0 Å². The second kappa shape index (κ2) is 7.02. The smallest absolute Gasteiger partial charge is 0.231 e. The fourth-order valence-corrected chi connectivity index (χ4v) is 4.14. The Labute approximate surface area is 182 Å². The predicted octanol–water partition coefficient (Wildman–Crippen LogP) is 2.86. The van der Waals surface area contributed by atoms with Crippen molar-refractivity contribution in [2.24, 2.45) is 0 Å². The van der Waals surface area contributed by atoms with Crippen LogP contribution in [0.4, 0.5) is 11.5 Å². The van der Waals surface area contributed by atoms with Gasteiger partial charge in [0.2, 0.25) is 24.2 Å². The maximum absolute atomic E-state index is 10.0. The average molecular weight is 434 g/mol. The van der Waals surface area contributed by atoms with E-state index in [0.29, 0.717) is 45.4 Å². The second-order valence-corrected chi connectivity index (χ2v) is 7.14. The molecule has 0 amide bonds. The Morgan fingerprint density at radius 2 is 1.88 bits per heavy atom. The molecule has 2 aliphatic heterocycles. The summed E-state index contributed by atoms with van der Waals surface area (Å²) >= 11 is 0. The highest BCUT2D eigenvalue weighted by Crippen LogP contribution is 2.57. The number of nitrogen functional groups attached to an aromatic ring is 2. The monoisotopic (exact) mass is 434 g/mol. The quantitative estimate of drug-likeness (QED) is 0.438. The van der Waals surface area contributed by atoms with E-state index in [2.05, 4.69) is 4.98 Å². The first-order valence-corrected chi connectivity index (χ1v) is 9.52. The van der Waals surface area contributed by atoms with Crippen molar-refractivity contribution in [1.29, 1.82) is 5.26 Å². The van der Waals surface area contributed by atoms with Crippen LogP contribution in [0.5, 0.6) is 40.4 Å². The number of nitriles is 1. The number of nitrogens with zero attached hydrogens (tertiary/aromatic N) is 2. The Kier molecular flexibility index (Phi) is 4.27. The number of ether oxygens (including phenoxy) is 5. The number of rotatable bonds is 3. The Bertz CT molecular complexity index is 1320. The largest absolute Gasteiger partial charge is 0.508 e. The molecule has 0 saturated carbocycles. The standard InChI is InChI=1S/C22H18N4O6/c1-28-18-11(6-14-19(20(18)29-2)31-8-30-14)15-10-4-3-9(27)5-13(10)32-22-16(15)17(24)12(7-23)21(25)26-22/h3-6,15,27H,8H2,1-2H3,(H4,24,25,26)/t15-/m0/s1. The summed E-state index contributed by atoms with van der Waals surface area (Å²) in [5.41, 5.74) is 14.2. The van der Waals surface area contributed by atoms with Gasteiger partial charge in [0.05, 0.1) is 25.5 Å². The van der Waals surface area contributed by atoms with E-state index in [1.54, 1.807) is 12.1 Å². The maximum Gasteiger partial charge on any atom is 0.231 e. The molecule has 2 aliphatic rings. The molecule has 32 heavy (non-hydrogen) atoms. The summed E-state index contributed by atoms with van der Waals surface area (Å²) in [5.74, 6) is 1.47. The molecule has 0 bridgehead atoms. The van der Waals surface area contributed by atoms with Crippen LogP contribution in [0.3, 0.4) is 0 Å². The van der Waals surface area contributed by atoms with Crippen LogP contribution in [-0.4, -0.2) is 31.1 Å². The number of pyridine rings is 1. The fourth-order valence-electron chi connectivity index (χ4n) is 4.14. The van der Waals surface area contributed by atoms with E-state index < -0.39 is 5.92 Å². The minimum atomic E-state index is -0.604. The molecule has 0 fully saturated rings. The van der Waals surface area contributed by atoms with Gasteiger partial charge in [-0.15, -0.1) is 0 Å². The lowest BCUT2D eigenvalue weighted by Gasteiger charge is -2.31. The van der Waals surface area contributed by atoms with Crippen molar-refractivity contribution < 1.29 is 28.8 Å². The number of benzene rings is 2. The number of anilines is 2. The van der Waals surface area contributed by atoms with E-state index in [9.17, 15) is 10.4 Å². The third-order valence-corrected chi connectivity index (χ3v) is 5.51. The highest BCUT2D eigenvalue weighted by atomic mass is 16.7. The van der Waals surface area contributed by atoms with Gasteiger partial charge in [0, 0.05) is 23.1 Å². The van der Waals surface area contributed by atoms with Crippen LogP contribution >= 0.6 is 0 Å². The molecular formula is C22H18N4O6. The summed E-state index contributed by atoms with van der Waals surface area (Å²) in [6, 6.07) is 8.47. The average Bonchev–Trinajstić information content (AvgIpc) is 3.24. The van der Waals surface area contributed by atoms with E-state index in [1.807, 2.05) is 6.07 Å². The normalized spacial score (nSPS) is 15.2. The number of phenolic OH excluding ortho intramolecular Hbond substituents is 1. The molecule has 2 aromatic carbocycles. The molecule has 10 nitrogen and oxygen atoms in total. The second-order valence-electron chi connectivity index (χ2n) is 7.14. The van der Waals surface area contributed by atoms with E-state index in [-0.39, 0.29) is 35.5 Å². The minimum absolute atomic E-state index is 0.00997. The summed E-state index contributed by atoms with van der Waals surface area (Å²) in [6.07, 6.45) is 0. The molecule has 0 radical (unpaired) electrons. The lowest BCUT2D eigenvalue weighted by atomic mass is 9.81. The molecule has 0 spiro atoms. The molecule has 0 aliphatic carbocycles. The van der Waals surface area contributed by atoms with E-state index in [0.717, 1.165) is 0 Å². The van der Waals surface area contributed by atoms with Gasteiger partial charge in [-0.05, 0) is 12.1 Å². The van der Waals surface area contributed by atoms with Crippen molar-refractivity contribution in [1.82, 2.24) is 4.98 Å². The van der Waals surface area contributed by atoms with Crippen LogP contribution in [0.25, 0.3) is 0 Å². The lowest BCUT2D eigenvalue weighted by Crippen LogP contribution is -2.18.